The van der Waals surface area contributed by atoms with Gasteiger partial charge in [0.15, 0.2) is 0 Å². The van der Waals surface area contributed by atoms with E-state index in [0.717, 1.165) is 62.0 Å². The van der Waals surface area contributed by atoms with Gasteiger partial charge in [0.2, 0.25) is 5.91 Å². The first kappa shape index (κ1) is 21.2. The van der Waals surface area contributed by atoms with Gasteiger partial charge in [-0.15, -0.1) is 36.2 Å². The Hall–Kier alpha value is -1.12. The van der Waals surface area contributed by atoms with Crippen LogP contribution in [0, 0.1) is 0 Å². The van der Waals surface area contributed by atoms with E-state index in [1.807, 2.05) is 16.3 Å². The van der Waals surface area contributed by atoms with Crippen molar-refractivity contribution in [2.24, 2.45) is 0 Å². The Morgan fingerprint density at radius 1 is 1.31 bits per heavy atom. The average Bonchev–Trinajstić information content (AvgIpc) is 3.36. The number of hydrogen-bond acceptors (Lipinski definition) is 6. The molecule has 0 radical (unpaired) electrons. The number of carbonyl (C=O) groups excluding carboxylic acids is 1. The zero-order valence-corrected chi connectivity index (χ0v) is 16.9. The van der Waals surface area contributed by atoms with Gasteiger partial charge in [-0.25, -0.2) is 4.98 Å². The molecule has 0 bridgehead atoms. The fourth-order valence-electron chi connectivity index (χ4n) is 3.49. The monoisotopic (exact) mass is 418 g/mol. The van der Waals surface area contributed by atoms with Crippen molar-refractivity contribution in [2.75, 3.05) is 39.3 Å². The van der Waals surface area contributed by atoms with E-state index in [1.54, 1.807) is 23.9 Å². The smallest absolute Gasteiger partial charge is 0.228 e. The third kappa shape index (κ3) is 4.78. The summed E-state index contributed by atoms with van der Waals surface area (Å²) in [6, 6.07) is 2.41. The fourth-order valence-corrected chi connectivity index (χ4v) is 4.29. The molecule has 4 rings (SSSR count). The Bertz CT molecular complexity index is 689. The topological polar surface area (TPSA) is 61.6 Å². The molecule has 1 N–H and O–H groups in total. The second kappa shape index (κ2) is 9.71. The number of piperazine rings is 1. The van der Waals surface area contributed by atoms with Crippen LogP contribution in [0.3, 0.4) is 0 Å². The Morgan fingerprint density at radius 3 is 2.85 bits per heavy atom. The lowest BCUT2D eigenvalue weighted by Crippen LogP contribution is -2.49. The molecular weight excluding hydrogens is 395 g/mol. The molecule has 1 unspecified atom stereocenters. The first-order chi connectivity index (χ1) is 11.8. The number of nitrogens with zero attached hydrogens (tertiary/aromatic N) is 3. The van der Waals surface area contributed by atoms with Crippen LogP contribution < -0.4 is 5.32 Å². The zero-order chi connectivity index (χ0) is 16.4. The van der Waals surface area contributed by atoms with Gasteiger partial charge in [0.25, 0.3) is 0 Å². The Morgan fingerprint density at radius 2 is 2.12 bits per heavy atom. The number of nitrogens with one attached hydrogen (secondary N) is 1. The van der Waals surface area contributed by atoms with Crippen LogP contribution in [0.25, 0.3) is 10.6 Å². The summed E-state index contributed by atoms with van der Waals surface area (Å²) in [4.78, 5) is 21.7. The molecular formula is C17H24Cl2N4O2S. The van der Waals surface area contributed by atoms with Crippen molar-refractivity contribution < 1.29 is 9.21 Å². The predicted molar refractivity (Wildman–Crippen MR) is 107 cm³/mol. The van der Waals surface area contributed by atoms with Gasteiger partial charge in [-0.1, -0.05) is 0 Å². The summed E-state index contributed by atoms with van der Waals surface area (Å²) in [5.74, 6) is 0.191. The lowest BCUT2D eigenvalue weighted by atomic mass is 10.2. The van der Waals surface area contributed by atoms with Crippen molar-refractivity contribution in [3.63, 3.8) is 0 Å². The molecule has 2 aliphatic rings. The van der Waals surface area contributed by atoms with Crippen LogP contribution in [0.5, 0.6) is 0 Å². The maximum atomic E-state index is 12.6. The third-order valence-electron chi connectivity index (χ3n) is 4.84. The largest absolute Gasteiger partial charge is 0.472 e. The highest BCUT2D eigenvalue weighted by Gasteiger charge is 2.31. The van der Waals surface area contributed by atoms with Crippen molar-refractivity contribution in [1.29, 1.82) is 0 Å². The van der Waals surface area contributed by atoms with Crippen LogP contribution in [0.1, 0.15) is 12.1 Å². The molecule has 4 heterocycles. The van der Waals surface area contributed by atoms with Gasteiger partial charge in [-0.3, -0.25) is 9.69 Å². The SMILES string of the molecule is Cl.Cl.O=C(Cc1csc(-c2ccoc2)n1)N1CCC(N2CCNCC2)C1. The van der Waals surface area contributed by atoms with Crippen molar-refractivity contribution in [1.82, 2.24) is 20.1 Å². The molecule has 0 aliphatic carbocycles. The van der Waals surface area contributed by atoms with E-state index in [2.05, 4.69) is 15.2 Å². The summed E-state index contributed by atoms with van der Waals surface area (Å²) in [5, 5.41) is 6.27. The van der Waals surface area contributed by atoms with Crippen LogP contribution >= 0.6 is 36.2 Å². The average molecular weight is 419 g/mol. The summed E-state index contributed by atoms with van der Waals surface area (Å²) in [6.07, 6.45) is 4.80. The Balaban J connectivity index is 0.00000121. The minimum absolute atomic E-state index is 0. The van der Waals surface area contributed by atoms with Crippen molar-refractivity contribution in [3.05, 3.63) is 29.7 Å². The van der Waals surface area contributed by atoms with Crippen molar-refractivity contribution in [3.8, 4) is 10.6 Å². The number of thiazole rings is 1. The van der Waals surface area contributed by atoms with E-state index >= 15 is 0 Å². The summed E-state index contributed by atoms with van der Waals surface area (Å²) in [7, 11) is 0. The number of hydrogen-bond donors (Lipinski definition) is 1. The van der Waals surface area contributed by atoms with Gasteiger partial charge >= 0.3 is 0 Å². The number of aromatic nitrogens is 1. The van der Waals surface area contributed by atoms with Crippen LogP contribution in [-0.2, 0) is 11.2 Å². The standard InChI is InChI=1S/C17H22N4O2S.2ClH/c22-16(9-14-12-24-17(19-14)13-2-8-23-11-13)21-5-1-15(10-21)20-6-3-18-4-7-20;;/h2,8,11-12,15,18H,1,3-7,9-10H2;2*1H. The van der Waals surface area contributed by atoms with E-state index in [9.17, 15) is 4.79 Å². The molecule has 6 nitrogen and oxygen atoms in total. The highest BCUT2D eigenvalue weighted by Crippen LogP contribution is 2.25. The van der Waals surface area contributed by atoms with E-state index in [1.165, 1.54) is 0 Å². The number of halogens is 2. The van der Waals surface area contributed by atoms with E-state index in [4.69, 9.17) is 4.42 Å². The highest BCUT2D eigenvalue weighted by molar-refractivity contribution is 7.13. The summed E-state index contributed by atoms with van der Waals surface area (Å²) >= 11 is 1.56. The van der Waals surface area contributed by atoms with Gasteiger partial charge in [0.05, 0.1) is 18.4 Å². The highest BCUT2D eigenvalue weighted by atomic mass is 35.5. The van der Waals surface area contributed by atoms with Gasteiger partial charge in [0, 0.05) is 56.3 Å². The molecule has 0 aromatic carbocycles. The van der Waals surface area contributed by atoms with Crippen molar-refractivity contribution in [2.45, 2.75) is 18.9 Å². The Labute approximate surface area is 169 Å². The van der Waals surface area contributed by atoms with Crippen LogP contribution in [-0.4, -0.2) is 66.0 Å². The molecule has 1 atom stereocenters. The quantitative estimate of drug-likeness (QED) is 0.824. The van der Waals surface area contributed by atoms with Gasteiger partial charge in [0.1, 0.15) is 11.3 Å². The minimum atomic E-state index is 0. The third-order valence-corrected chi connectivity index (χ3v) is 5.78. The van der Waals surface area contributed by atoms with Crippen LogP contribution in [0.4, 0.5) is 0 Å². The number of likely N-dealkylation sites (tertiary alicyclic amines) is 1. The molecule has 1 amide bonds. The molecule has 144 valence electrons. The lowest BCUT2D eigenvalue weighted by molar-refractivity contribution is -0.129. The Kier molecular flexibility index (Phi) is 7.91. The maximum absolute atomic E-state index is 12.6. The number of furan rings is 1. The molecule has 2 fully saturated rings. The van der Waals surface area contributed by atoms with E-state index < -0.39 is 0 Å². The van der Waals surface area contributed by atoms with Gasteiger partial charge in [-0.05, 0) is 12.5 Å². The fraction of sp³-hybridized carbons (Fsp3) is 0.529. The lowest BCUT2D eigenvalue weighted by Gasteiger charge is -2.32. The zero-order valence-electron chi connectivity index (χ0n) is 14.4. The second-order valence-electron chi connectivity index (χ2n) is 6.40. The molecule has 2 aromatic rings. The molecule has 0 saturated carbocycles. The molecule has 9 heteroatoms. The molecule has 2 aromatic heterocycles. The second-order valence-corrected chi connectivity index (χ2v) is 7.26. The predicted octanol–water partition coefficient (Wildman–Crippen LogP) is 2.30. The van der Waals surface area contributed by atoms with Crippen molar-refractivity contribution >= 4 is 42.1 Å². The van der Waals surface area contributed by atoms with Gasteiger partial charge in [-0.2, -0.15) is 0 Å². The molecule has 0 spiro atoms. The molecule has 2 aliphatic heterocycles. The molecule has 2 saturated heterocycles. The van der Waals surface area contributed by atoms with E-state index in [0.29, 0.717) is 12.5 Å². The number of amides is 1. The first-order valence-corrected chi connectivity index (χ1v) is 9.37. The normalized spacial score (nSPS) is 20.5. The number of rotatable bonds is 4. The first-order valence-electron chi connectivity index (χ1n) is 8.49. The summed E-state index contributed by atoms with van der Waals surface area (Å²) in [5.41, 5.74) is 1.82. The summed E-state index contributed by atoms with van der Waals surface area (Å²) in [6.45, 7) is 6.02. The summed E-state index contributed by atoms with van der Waals surface area (Å²) < 4.78 is 5.09. The van der Waals surface area contributed by atoms with Gasteiger partial charge < -0.3 is 14.6 Å². The molecule has 26 heavy (non-hydrogen) atoms. The van der Waals surface area contributed by atoms with E-state index in [-0.39, 0.29) is 30.7 Å². The maximum Gasteiger partial charge on any atom is 0.228 e. The number of carbonyl (C=O) groups is 1. The minimum Gasteiger partial charge on any atom is -0.472 e. The van der Waals surface area contributed by atoms with Crippen LogP contribution in [0.2, 0.25) is 0 Å². The van der Waals surface area contributed by atoms with Crippen LogP contribution in [0.15, 0.2) is 28.4 Å².